The number of amides is 1. The molecule has 3 rings (SSSR count). The lowest BCUT2D eigenvalue weighted by Crippen LogP contribution is -2.46. The minimum atomic E-state index is -0.844. The molecule has 0 aromatic heterocycles. The van der Waals surface area contributed by atoms with Gasteiger partial charge in [-0.2, -0.15) is 0 Å². The number of likely N-dealkylation sites (tertiary alicyclic amines) is 1. The van der Waals surface area contributed by atoms with Crippen molar-refractivity contribution in [1.82, 2.24) is 4.90 Å². The maximum Gasteiger partial charge on any atom is 0.326 e. The minimum absolute atomic E-state index is 0.00947. The van der Waals surface area contributed by atoms with Crippen molar-refractivity contribution in [2.24, 2.45) is 5.92 Å². The first-order valence-corrected chi connectivity index (χ1v) is 9.37. The highest BCUT2D eigenvalue weighted by Gasteiger charge is 2.47. The summed E-state index contributed by atoms with van der Waals surface area (Å²) in [6, 6.07) is 9.54. The maximum atomic E-state index is 12.7. The van der Waals surface area contributed by atoms with Crippen LogP contribution < -0.4 is 0 Å². The number of hydrogen-bond acceptors (Lipinski definition) is 3. The lowest BCUT2D eigenvalue weighted by atomic mass is 9.84. The van der Waals surface area contributed by atoms with Crippen molar-refractivity contribution >= 4 is 23.6 Å². The van der Waals surface area contributed by atoms with E-state index < -0.39 is 12.0 Å². The number of fused-ring (bicyclic) bond motifs is 1. The number of hydrogen-bond donors (Lipinski definition) is 1. The Hall–Kier alpha value is -1.49. The van der Waals surface area contributed by atoms with Crippen LogP contribution >= 0.6 is 11.8 Å². The lowest BCUT2D eigenvalue weighted by molar-refractivity contribution is -0.149. The van der Waals surface area contributed by atoms with Gasteiger partial charge in [0.1, 0.15) is 6.04 Å². The van der Waals surface area contributed by atoms with Crippen molar-refractivity contribution in [3.05, 3.63) is 30.3 Å². The monoisotopic (exact) mass is 333 g/mol. The van der Waals surface area contributed by atoms with E-state index in [-0.39, 0.29) is 11.9 Å². The van der Waals surface area contributed by atoms with E-state index in [9.17, 15) is 14.7 Å². The highest BCUT2D eigenvalue weighted by Crippen LogP contribution is 2.40. The Morgan fingerprint density at radius 3 is 2.65 bits per heavy atom. The van der Waals surface area contributed by atoms with Gasteiger partial charge >= 0.3 is 5.97 Å². The molecule has 1 saturated carbocycles. The van der Waals surface area contributed by atoms with Gasteiger partial charge in [-0.25, -0.2) is 4.79 Å². The molecule has 23 heavy (non-hydrogen) atoms. The largest absolute Gasteiger partial charge is 0.480 e. The Labute approximate surface area is 141 Å². The van der Waals surface area contributed by atoms with Crippen molar-refractivity contribution in [3.8, 4) is 0 Å². The predicted octanol–water partition coefficient (Wildman–Crippen LogP) is 3.41. The third-order valence-electron chi connectivity index (χ3n) is 4.99. The topological polar surface area (TPSA) is 57.6 Å². The molecular weight excluding hydrogens is 310 g/mol. The molecule has 1 aliphatic heterocycles. The summed E-state index contributed by atoms with van der Waals surface area (Å²) in [7, 11) is 0. The second-order valence-electron chi connectivity index (χ2n) is 6.41. The van der Waals surface area contributed by atoms with Gasteiger partial charge in [-0.15, -0.1) is 11.8 Å². The molecule has 5 heteroatoms. The van der Waals surface area contributed by atoms with E-state index in [0.717, 1.165) is 24.2 Å². The van der Waals surface area contributed by atoms with E-state index in [2.05, 4.69) is 0 Å². The van der Waals surface area contributed by atoms with Gasteiger partial charge in [-0.05, 0) is 37.3 Å². The number of carbonyl (C=O) groups excluding carboxylic acids is 1. The highest BCUT2D eigenvalue weighted by atomic mass is 32.2. The first-order chi connectivity index (χ1) is 11.2. The molecule has 3 atom stereocenters. The number of aliphatic carboxylic acids is 1. The molecule has 3 unspecified atom stereocenters. The first-order valence-electron chi connectivity index (χ1n) is 8.38. The molecule has 1 aromatic rings. The van der Waals surface area contributed by atoms with E-state index in [0.29, 0.717) is 24.5 Å². The summed E-state index contributed by atoms with van der Waals surface area (Å²) in [5, 5.41) is 9.48. The average molecular weight is 333 g/mol. The zero-order valence-electron chi connectivity index (χ0n) is 13.2. The Bertz CT molecular complexity index is 563. The van der Waals surface area contributed by atoms with Crippen molar-refractivity contribution in [3.63, 3.8) is 0 Å². The lowest BCUT2D eigenvalue weighted by Gasteiger charge is -2.33. The highest BCUT2D eigenvalue weighted by molar-refractivity contribution is 7.99. The molecule has 2 fully saturated rings. The van der Waals surface area contributed by atoms with Crippen LogP contribution in [0.1, 0.15) is 38.5 Å². The van der Waals surface area contributed by atoms with Crippen molar-refractivity contribution < 1.29 is 14.7 Å². The third kappa shape index (κ3) is 3.71. The van der Waals surface area contributed by atoms with Gasteiger partial charge in [0.15, 0.2) is 0 Å². The van der Waals surface area contributed by atoms with Crippen LogP contribution in [-0.2, 0) is 9.59 Å². The summed E-state index contributed by atoms with van der Waals surface area (Å²) in [5.74, 6) is 0.248. The fraction of sp³-hybridized carbons (Fsp3) is 0.556. The molecule has 1 amide bonds. The molecule has 1 aliphatic carbocycles. The summed E-state index contributed by atoms with van der Waals surface area (Å²) in [4.78, 5) is 27.1. The Balaban J connectivity index is 1.60. The zero-order valence-corrected chi connectivity index (χ0v) is 14.0. The number of benzene rings is 1. The summed E-state index contributed by atoms with van der Waals surface area (Å²) < 4.78 is 0. The average Bonchev–Trinajstić information content (AvgIpc) is 2.95. The summed E-state index contributed by atoms with van der Waals surface area (Å²) >= 11 is 1.65. The van der Waals surface area contributed by atoms with Crippen LogP contribution in [0.4, 0.5) is 0 Å². The first kappa shape index (κ1) is 16.4. The van der Waals surface area contributed by atoms with E-state index in [4.69, 9.17) is 0 Å². The molecule has 1 N–H and O–H groups in total. The second kappa shape index (κ2) is 7.39. The van der Waals surface area contributed by atoms with Crippen LogP contribution in [-0.4, -0.2) is 39.7 Å². The van der Waals surface area contributed by atoms with Gasteiger partial charge in [0.25, 0.3) is 0 Å². The van der Waals surface area contributed by atoms with Crippen molar-refractivity contribution in [2.45, 2.75) is 55.5 Å². The number of thioether (sulfide) groups is 1. The van der Waals surface area contributed by atoms with Gasteiger partial charge in [-0.3, -0.25) is 4.79 Å². The minimum Gasteiger partial charge on any atom is -0.480 e. The van der Waals surface area contributed by atoms with Crippen LogP contribution in [0.25, 0.3) is 0 Å². The molecular formula is C18H23NO3S. The fourth-order valence-electron chi connectivity index (χ4n) is 3.94. The van der Waals surface area contributed by atoms with E-state index in [1.165, 1.54) is 6.42 Å². The molecule has 124 valence electrons. The van der Waals surface area contributed by atoms with Crippen molar-refractivity contribution in [1.29, 1.82) is 0 Å². The van der Waals surface area contributed by atoms with Crippen LogP contribution in [0.5, 0.6) is 0 Å². The van der Waals surface area contributed by atoms with E-state index >= 15 is 0 Å². The number of carbonyl (C=O) groups is 2. The summed E-state index contributed by atoms with van der Waals surface area (Å²) in [5.41, 5.74) is 0. The maximum absolute atomic E-state index is 12.7. The van der Waals surface area contributed by atoms with Crippen LogP contribution in [0.2, 0.25) is 0 Å². The molecule has 2 aliphatic rings. The number of rotatable bonds is 5. The smallest absolute Gasteiger partial charge is 0.326 e. The van der Waals surface area contributed by atoms with Crippen LogP contribution in [0, 0.1) is 5.92 Å². The van der Waals surface area contributed by atoms with E-state index in [1.807, 2.05) is 30.3 Å². The van der Waals surface area contributed by atoms with Crippen LogP contribution in [0.15, 0.2) is 35.2 Å². The fourth-order valence-corrected chi connectivity index (χ4v) is 4.80. The quantitative estimate of drug-likeness (QED) is 0.839. The van der Waals surface area contributed by atoms with Gasteiger partial charge in [-0.1, -0.05) is 31.0 Å². The molecule has 1 saturated heterocycles. The Morgan fingerprint density at radius 1 is 1.17 bits per heavy atom. The SMILES string of the molecule is O=C(O)C1CC2CCCCC2N1C(=O)CCSc1ccccc1. The van der Waals surface area contributed by atoms with Gasteiger partial charge in [0.2, 0.25) is 5.91 Å². The molecule has 1 aromatic carbocycles. The number of nitrogens with zero attached hydrogens (tertiary/aromatic N) is 1. The van der Waals surface area contributed by atoms with Gasteiger partial charge in [0.05, 0.1) is 0 Å². The molecule has 0 spiro atoms. The van der Waals surface area contributed by atoms with Gasteiger partial charge < -0.3 is 10.0 Å². The summed E-state index contributed by atoms with van der Waals surface area (Å²) in [6.45, 7) is 0. The molecule has 0 radical (unpaired) electrons. The van der Waals surface area contributed by atoms with Gasteiger partial charge in [0, 0.05) is 23.1 Å². The van der Waals surface area contributed by atoms with Crippen LogP contribution in [0.3, 0.4) is 0 Å². The van der Waals surface area contributed by atoms with Crippen molar-refractivity contribution in [2.75, 3.05) is 5.75 Å². The molecule has 4 nitrogen and oxygen atoms in total. The molecule has 0 bridgehead atoms. The second-order valence-corrected chi connectivity index (χ2v) is 7.58. The number of carboxylic acids is 1. The standard InChI is InChI=1S/C18H23NO3S/c20-17(10-11-23-14-7-2-1-3-8-14)19-15-9-5-4-6-13(15)12-16(19)18(21)22/h1-3,7-8,13,15-16H,4-6,9-12H2,(H,21,22). The van der Waals surface area contributed by atoms with E-state index in [1.54, 1.807) is 16.7 Å². The normalized spacial score (nSPS) is 26.8. The molecule has 1 heterocycles. The number of carboxylic acid groups (broad SMARTS) is 1. The summed E-state index contributed by atoms with van der Waals surface area (Å²) in [6.07, 6.45) is 5.35. The third-order valence-corrected chi connectivity index (χ3v) is 6.00. The Morgan fingerprint density at radius 2 is 1.91 bits per heavy atom. The predicted molar refractivity (Wildman–Crippen MR) is 90.4 cm³/mol. The Kier molecular flexibility index (Phi) is 5.26. The zero-order chi connectivity index (χ0) is 16.2.